The highest BCUT2D eigenvalue weighted by molar-refractivity contribution is 6.31. The Kier molecular flexibility index (Phi) is 13.9. The van der Waals surface area contributed by atoms with E-state index in [4.69, 9.17) is 42.4 Å². The van der Waals surface area contributed by atoms with Gasteiger partial charge in [0.1, 0.15) is 17.3 Å². The van der Waals surface area contributed by atoms with Crippen molar-refractivity contribution in [2.45, 2.75) is 120 Å². The first kappa shape index (κ1) is 51.6. The summed E-state index contributed by atoms with van der Waals surface area (Å²) in [6.45, 7) is 13.7. The predicted octanol–water partition coefficient (Wildman–Crippen LogP) is 8.77. The Hall–Kier alpha value is -4.18. The zero-order valence-electron chi connectivity index (χ0n) is 44.9. The van der Waals surface area contributed by atoms with Gasteiger partial charge in [0.2, 0.25) is 0 Å². The van der Waals surface area contributed by atoms with Crippen molar-refractivity contribution in [2.24, 2.45) is 29.2 Å². The van der Waals surface area contributed by atoms with Crippen molar-refractivity contribution in [3.8, 4) is 22.8 Å². The summed E-state index contributed by atoms with van der Waals surface area (Å²) < 4.78 is 20.8. The highest BCUT2D eigenvalue weighted by Crippen LogP contribution is 2.63. The van der Waals surface area contributed by atoms with Gasteiger partial charge >= 0.3 is 0 Å². The molecule has 12 nitrogen and oxygen atoms in total. The van der Waals surface area contributed by atoms with Gasteiger partial charge in [-0.3, -0.25) is 24.4 Å². The minimum absolute atomic E-state index is 0.00183. The lowest BCUT2D eigenvalue weighted by Crippen LogP contribution is -2.73. The van der Waals surface area contributed by atoms with Gasteiger partial charge in [-0.1, -0.05) is 78.7 Å². The molecule has 2 spiro atoms. The van der Waals surface area contributed by atoms with Crippen LogP contribution in [0.4, 0.5) is 0 Å². The van der Waals surface area contributed by atoms with Crippen LogP contribution in [0.5, 0.6) is 11.5 Å². The number of ether oxygens (including phenoxy) is 3. The number of halogens is 2. The molecule has 12 rings (SSSR count). The monoisotopic (exact) mass is 1050 g/mol. The quantitative estimate of drug-likeness (QED) is 0.112. The summed E-state index contributed by atoms with van der Waals surface area (Å²) in [6.07, 6.45) is 6.22. The maximum absolute atomic E-state index is 17.5. The lowest BCUT2D eigenvalue weighted by Gasteiger charge is -2.57. The molecule has 7 heterocycles. The molecular formula is C61H76Cl2N8O4. The van der Waals surface area contributed by atoms with Gasteiger partial charge in [0.05, 0.1) is 49.1 Å². The average molecular weight is 1060 g/mol. The topological polar surface area (TPSA) is 99.6 Å². The number of aromatic nitrogens is 2. The van der Waals surface area contributed by atoms with E-state index in [9.17, 15) is 0 Å². The van der Waals surface area contributed by atoms with Crippen LogP contribution in [-0.4, -0.2) is 150 Å². The number of nitrogens with one attached hydrogen (secondary N) is 2. The van der Waals surface area contributed by atoms with Crippen molar-refractivity contribution in [1.29, 1.82) is 0 Å². The Morgan fingerprint density at radius 3 is 2.28 bits per heavy atom. The number of methoxy groups -OCH3 is 1. The number of likely N-dealkylation sites (N-methyl/N-ethyl adjacent to an activating group) is 2. The van der Waals surface area contributed by atoms with Crippen molar-refractivity contribution < 1.29 is 19.0 Å². The van der Waals surface area contributed by atoms with E-state index in [2.05, 4.69) is 150 Å². The number of likely N-dealkylation sites (tertiary alicyclic amines) is 3. The summed E-state index contributed by atoms with van der Waals surface area (Å²) in [6, 6.07) is 33.6. The maximum atomic E-state index is 17.5. The van der Waals surface area contributed by atoms with Crippen molar-refractivity contribution in [2.75, 3.05) is 60.7 Å². The SMILES string of the molecule is CCC12C(=O)C34C5C[C@H](Cc6ccc(Cl)cc6)N(C)C3[C@@H](COC)NC4[C@H](C)N(Cc3ccc(Cl)cc3Oc3ccc(-c4cnc(CN6CC7(COC7)C6)n4C)cc3)C1C[C@@H](Cc1ccccc1)C2N(C)[C@@H](C)CN5. The molecule has 7 fully saturated rings. The third kappa shape index (κ3) is 8.64. The highest BCUT2D eigenvalue weighted by atomic mass is 35.5. The van der Waals surface area contributed by atoms with Gasteiger partial charge in [-0.25, -0.2) is 4.98 Å². The molecule has 1 saturated carbocycles. The van der Waals surface area contributed by atoms with Gasteiger partial charge in [-0.05, 0) is 126 Å². The molecule has 1 aliphatic carbocycles. The number of nitrogens with zero attached hydrogens (tertiary/aromatic N) is 6. The first-order valence-corrected chi connectivity index (χ1v) is 28.4. The van der Waals surface area contributed by atoms with E-state index in [1.165, 1.54) is 11.1 Å². The number of piperidine rings is 1. The van der Waals surface area contributed by atoms with Gasteiger partial charge in [0.15, 0.2) is 5.78 Å². The van der Waals surface area contributed by atoms with Gasteiger partial charge in [-0.2, -0.15) is 0 Å². The van der Waals surface area contributed by atoms with Gasteiger partial charge in [0, 0.05) is 121 Å². The Balaban J connectivity index is 0.922. The number of ketones is 1. The molecule has 5 aromatic rings. The van der Waals surface area contributed by atoms with E-state index < -0.39 is 10.8 Å². The molecule has 1 aromatic heterocycles. The molecule has 398 valence electrons. The second-order valence-electron chi connectivity index (χ2n) is 23.9. The number of carbonyl (C=O) groups is 1. The zero-order chi connectivity index (χ0) is 52.0. The largest absolute Gasteiger partial charge is 0.457 e. The van der Waals surface area contributed by atoms with Crippen LogP contribution in [0.1, 0.15) is 62.5 Å². The summed E-state index contributed by atoms with van der Waals surface area (Å²) in [5.74, 6) is 3.17. The van der Waals surface area contributed by atoms with Crippen molar-refractivity contribution in [1.82, 2.24) is 39.8 Å². The fourth-order valence-corrected chi connectivity index (χ4v) is 16.5. The van der Waals surface area contributed by atoms with Gasteiger partial charge in [-0.15, -0.1) is 0 Å². The molecule has 6 aliphatic heterocycles. The van der Waals surface area contributed by atoms with E-state index >= 15 is 4.79 Å². The van der Waals surface area contributed by atoms with Crippen LogP contribution < -0.4 is 15.4 Å². The number of rotatable bonds is 14. The molecule has 4 aromatic carbocycles. The van der Waals surface area contributed by atoms with Crippen LogP contribution >= 0.6 is 23.2 Å². The van der Waals surface area contributed by atoms with Crippen LogP contribution in [-0.2, 0) is 47.2 Å². The molecule has 0 radical (unpaired) electrons. The highest BCUT2D eigenvalue weighted by Gasteiger charge is 2.77. The molecule has 2 bridgehead atoms. The molecule has 75 heavy (non-hydrogen) atoms. The normalized spacial score (nSPS) is 33.5. The maximum Gasteiger partial charge on any atom is 0.153 e. The molecule has 7 unspecified atom stereocenters. The molecular weight excluding hydrogens is 980 g/mol. The second-order valence-corrected chi connectivity index (χ2v) is 24.7. The van der Waals surface area contributed by atoms with Crippen molar-refractivity contribution in [3.63, 3.8) is 0 Å². The van der Waals surface area contributed by atoms with E-state index in [1.807, 2.05) is 30.5 Å². The minimum Gasteiger partial charge on any atom is -0.457 e. The Labute approximate surface area is 454 Å². The summed E-state index contributed by atoms with van der Waals surface area (Å²) in [7, 11) is 8.52. The van der Waals surface area contributed by atoms with Crippen LogP contribution in [0.3, 0.4) is 0 Å². The number of imidazole rings is 1. The number of carbonyl (C=O) groups excluding carboxylic acids is 1. The van der Waals surface area contributed by atoms with Gasteiger partial charge in [0.25, 0.3) is 0 Å². The van der Waals surface area contributed by atoms with E-state index in [0.29, 0.717) is 29.4 Å². The summed E-state index contributed by atoms with van der Waals surface area (Å²) >= 11 is 13.3. The average Bonchev–Trinajstić information content (AvgIpc) is 4.26. The van der Waals surface area contributed by atoms with Crippen LogP contribution in [0.25, 0.3) is 11.3 Å². The molecule has 2 N–H and O–H groups in total. The zero-order valence-corrected chi connectivity index (χ0v) is 46.4. The number of hydrogen-bond donors (Lipinski definition) is 2. The van der Waals surface area contributed by atoms with Gasteiger partial charge < -0.3 is 29.4 Å². The first-order valence-electron chi connectivity index (χ1n) is 27.7. The first-order chi connectivity index (χ1) is 36.3. The molecule has 14 heteroatoms. The lowest BCUT2D eigenvalue weighted by atomic mass is 9.54. The fraction of sp³-hybridized carbons (Fsp3) is 0.541. The summed E-state index contributed by atoms with van der Waals surface area (Å²) in [5.41, 5.74) is 4.64. The Morgan fingerprint density at radius 2 is 1.57 bits per heavy atom. The minimum atomic E-state index is -0.777. The molecule has 0 amide bonds. The fourth-order valence-electron chi connectivity index (χ4n) is 16.2. The van der Waals surface area contributed by atoms with Crippen molar-refractivity contribution in [3.05, 3.63) is 136 Å². The van der Waals surface area contributed by atoms with E-state index in [-0.39, 0.29) is 60.3 Å². The Bertz CT molecular complexity index is 2860. The predicted molar refractivity (Wildman–Crippen MR) is 296 cm³/mol. The third-order valence-electron chi connectivity index (χ3n) is 19.8. The lowest BCUT2D eigenvalue weighted by molar-refractivity contribution is -0.191. The summed E-state index contributed by atoms with van der Waals surface area (Å²) in [5, 5.41) is 9.84. The molecule has 6 saturated heterocycles. The van der Waals surface area contributed by atoms with E-state index in [0.717, 1.165) is 111 Å². The van der Waals surface area contributed by atoms with Crippen molar-refractivity contribution >= 4 is 29.0 Å². The molecule has 7 aliphatic rings. The third-order valence-corrected chi connectivity index (χ3v) is 20.3. The number of hydrogen-bond acceptors (Lipinski definition) is 11. The van der Waals surface area contributed by atoms with Crippen LogP contribution in [0.15, 0.2) is 103 Å². The Morgan fingerprint density at radius 1 is 0.840 bits per heavy atom. The standard InChI is InChI=1S/C61H76Cl2N8O4/c1-8-60-53-26-44(24-40-12-10-9-11-13-40)56(60)67(4)38(2)29-64-52-28-47(25-41-14-19-45(62)20-15-41)68(5)57-49(33-73-7)66-55(61(52,57)58(60)72)39(3)71(53)31-43-16-21-46(63)27-51(43)75-48-22-17-42(18-23-48)50-30-65-54(69(50)6)32-70-34-59(35-70)36-74-37-59/h9-23,27,30,38-39,44,47,49,52-53,55-57,64,66H,8,24-26,28-29,31-37H2,1-7H3/t38-,39-,44+,47-,49+,52?,53?,55?,56?,57?,60?,61?/m0/s1. The van der Waals surface area contributed by atoms with E-state index in [1.54, 1.807) is 7.11 Å². The number of Topliss-reactive ketones (excluding diaryl/α,β-unsaturated/α-hetero) is 1. The summed E-state index contributed by atoms with van der Waals surface area (Å²) in [4.78, 5) is 32.8. The van der Waals surface area contributed by atoms with Crippen LogP contribution in [0.2, 0.25) is 10.0 Å². The molecule has 12 atom stereocenters. The van der Waals surface area contributed by atoms with Crippen LogP contribution in [0, 0.1) is 22.2 Å². The smallest absolute Gasteiger partial charge is 0.153 e. The second kappa shape index (κ2) is 20.2. The number of benzene rings is 4.